The molecule has 0 aliphatic carbocycles. The number of nitrogens with one attached hydrogen (secondary N) is 2. The van der Waals surface area contributed by atoms with Crippen molar-refractivity contribution in [3.63, 3.8) is 0 Å². The third-order valence-corrected chi connectivity index (χ3v) is 5.11. The zero-order valence-electron chi connectivity index (χ0n) is 15.8. The van der Waals surface area contributed by atoms with E-state index in [1.54, 1.807) is 34.6 Å². The number of pyridine rings is 1. The summed E-state index contributed by atoms with van der Waals surface area (Å²) in [6, 6.07) is 13.3. The Labute approximate surface area is 163 Å². The highest BCUT2D eigenvalue weighted by Gasteiger charge is 2.21. The van der Waals surface area contributed by atoms with E-state index in [-0.39, 0.29) is 17.2 Å². The lowest BCUT2D eigenvalue weighted by Gasteiger charge is -2.25. The van der Waals surface area contributed by atoms with Gasteiger partial charge in [-0.15, -0.1) is 0 Å². The lowest BCUT2D eigenvalue weighted by molar-refractivity contribution is 0.102. The molecule has 1 aromatic carbocycles. The summed E-state index contributed by atoms with van der Waals surface area (Å²) in [5.74, 6) is -0.0194. The molecule has 0 radical (unpaired) electrons. The highest BCUT2D eigenvalue weighted by atomic mass is 16.2. The number of aryl methyl sites for hydroxylation is 1. The minimum atomic E-state index is -0.427. The zero-order valence-corrected chi connectivity index (χ0v) is 15.8. The molecule has 1 amide bonds. The zero-order chi connectivity index (χ0) is 19.5. The van der Waals surface area contributed by atoms with E-state index in [1.807, 2.05) is 36.4 Å². The molecule has 0 saturated carbocycles. The second-order valence-corrected chi connectivity index (χ2v) is 7.00. The van der Waals surface area contributed by atoms with Crippen molar-refractivity contribution in [1.29, 1.82) is 0 Å². The molecule has 0 bridgehead atoms. The first-order valence-corrected chi connectivity index (χ1v) is 9.48. The number of anilines is 1. The summed E-state index contributed by atoms with van der Waals surface area (Å²) in [6.45, 7) is 3.54. The summed E-state index contributed by atoms with van der Waals surface area (Å²) in [5, 5.41) is 10.4. The molecule has 7 nitrogen and oxygen atoms in total. The van der Waals surface area contributed by atoms with Gasteiger partial charge in [-0.05, 0) is 56.6 Å². The van der Waals surface area contributed by atoms with Gasteiger partial charge < -0.3 is 15.2 Å². The van der Waals surface area contributed by atoms with E-state index in [2.05, 4.69) is 15.7 Å². The summed E-state index contributed by atoms with van der Waals surface area (Å²) in [4.78, 5) is 25.9. The molecular weight excluding hydrogens is 354 g/mol. The average Bonchev–Trinajstić information content (AvgIpc) is 3.18. The molecule has 0 unspecified atom stereocenters. The Hall–Kier alpha value is -3.19. The van der Waals surface area contributed by atoms with Crippen molar-refractivity contribution in [2.75, 3.05) is 18.4 Å². The fraction of sp³-hybridized carbons (Fsp3) is 0.286. The normalized spacial score (nSPS) is 14.8. The molecule has 3 aromatic rings. The van der Waals surface area contributed by atoms with Crippen LogP contribution in [0.1, 0.15) is 34.8 Å². The van der Waals surface area contributed by atoms with Crippen molar-refractivity contribution in [3.8, 4) is 5.69 Å². The maximum absolute atomic E-state index is 13.0. The number of para-hydroxylation sites is 1. The number of nitrogens with zero attached hydrogens (tertiary/aromatic N) is 3. The van der Waals surface area contributed by atoms with Gasteiger partial charge in [0.15, 0.2) is 5.82 Å². The molecule has 1 fully saturated rings. The Morgan fingerprint density at radius 3 is 2.61 bits per heavy atom. The van der Waals surface area contributed by atoms with E-state index in [9.17, 15) is 9.59 Å². The predicted octanol–water partition coefficient (Wildman–Crippen LogP) is 2.52. The molecule has 1 saturated heterocycles. The van der Waals surface area contributed by atoms with Crippen LogP contribution < -0.4 is 16.2 Å². The molecule has 1 aliphatic rings. The molecule has 144 valence electrons. The molecule has 4 rings (SSSR count). The van der Waals surface area contributed by atoms with E-state index < -0.39 is 5.91 Å². The summed E-state index contributed by atoms with van der Waals surface area (Å²) in [7, 11) is 0. The van der Waals surface area contributed by atoms with Crippen molar-refractivity contribution in [1.82, 2.24) is 19.7 Å². The van der Waals surface area contributed by atoms with Crippen molar-refractivity contribution >= 4 is 11.7 Å². The molecule has 2 N–H and O–H groups in total. The van der Waals surface area contributed by atoms with Crippen molar-refractivity contribution in [3.05, 3.63) is 76.3 Å². The van der Waals surface area contributed by atoms with Crippen LogP contribution in [0.2, 0.25) is 0 Å². The van der Waals surface area contributed by atoms with Gasteiger partial charge in [-0.1, -0.05) is 18.2 Å². The minimum absolute atomic E-state index is 0.123. The smallest absolute Gasteiger partial charge is 0.263 e. The quantitative estimate of drug-likeness (QED) is 0.732. The third-order valence-electron chi connectivity index (χ3n) is 5.11. The number of benzene rings is 1. The maximum atomic E-state index is 13.0. The molecule has 2 aromatic heterocycles. The molecule has 0 atom stereocenters. The van der Waals surface area contributed by atoms with E-state index in [4.69, 9.17) is 0 Å². The van der Waals surface area contributed by atoms with Crippen LogP contribution in [0.25, 0.3) is 5.69 Å². The molecule has 1 aliphatic heterocycles. The molecule has 28 heavy (non-hydrogen) atoms. The Kier molecular flexibility index (Phi) is 5.08. The van der Waals surface area contributed by atoms with Crippen LogP contribution in [0.15, 0.2) is 59.7 Å². The SMILES string of the molecule is Cc1ccn(C2CCNCC2)c(=O)c1C(=O)Nc1ccn(-c2ccccc2)n1. The van der Waals surface area contributed by atoms with Gasteiger partial charge in [-0.2, -0.15) is 5.10 Å². The van der Waals surface area contributed by atoms with Crippen LogP contribution >= 0.6 is 0 Å². The van der Waals surface area contributed by atoms with E-state index >= 15 is 0 Å². The van der Waals surface area contributed by atoms with Gasteiger partial charge in [-0.3, -0.25) is 9.59 Å². The van der Waals surface area contributed by atoms with Crippen LogP contribution in [0.5, 0.6) is 0 Å². The van der Waals surface area contributed by atoms with Gasteiger partial charge in [0.2, 0.25) is 0 Å². The Bertz CT molecular complexity index is 1030. The van der Waals surface area contributed by atoms with Crippen LogP contribution in [-0.4, -0.2) is 33.3 Å². The van der Waals surface area contributed by atoms with Crippen LogP contribution in [0.4, 0.5) is 5.82 Å². The summed E-state index contributed by atoms with van der Waals surface area (Å²) in [6.07, 6.45) is 5.34. The largest absolute Gasteiger partial charge is 0.317 e. The van der Waals surface area contributed by atoms with Gasteiger partial charge in [0.25, 0.3) is 11.5 Å². The van der Waals surface area contributed by atoms with Gasteiger partial charge in [0, 0.05) is 24.5 Å². The van der Waals surface area contributed by atoms with Crippen molar-refractivity contribution in [2.24, 2.45) is 0 Å². The number of hydrogen-bond donors (Lipinski definition) is 2. The van der Waals surface area contributed by atoms with E-state index in [0.29, 0.717) is 11.4 Å². The predicted molar refractivity (Wildman–Crippen MR) is 108 cm³/mol. The standard InChI is InChI=1S/C21H23N5O2/c1-15-9-13-25(16-7-11-22-12-8-16)21(28)19(15)20(27)23-18-10-14-26(24-18)17-5-3-2-4-6-17/h2-6,9-10,13-14,16,22H,7-8,11-12H2,1H3,(H,23,24,27). The number of carbonyl (C=O) groups excluding carboxylic acids is 1. The number of rotatable bonds is 4. The lowest BCUT2D eigenvalue weighted by Crippen LogP contribution is -2.37. The first-order chi connectivity index (χ1) is 13.6. The molecule has 7 heteroatoms. The molecule has 3 heterocycles. The Balaban J connectivity index is 1.58. The minimum Gasteiger partial charge on any atom is -0.317 e. The summed E-state index contributed by atoms with van der Waals surface area (Å²) >= 11 is 0. The summed E-state index contributed by atoms with van der Waals surface area (Å²) in [5.41, 5.74) is 1.49. The lowest BCUT2D eigenvalue weighted by atomic mass is 10.0. The number of aromatic nitrogens is 3. The fourth-order valence-electron chi connectivity index (χ4n) is 3.58. The van der Waals surface area contributed by atoms with Gasteiger partial charge >= 0.3 is 0 Å². The van der Waals surface area contributed by atoms with Gasteiger partial charge in [0.05, 0.1) is 5.69 Å². The van der Waals surface area contributed by atoms with Crippen LogP contribution in [0, 0.1) is 6.92 Å². The van der Waals surface area contributed by atoms with Gasteiger partial charge in [-0.25, -0.2) is 4.68 Å². The highest BCUT2D eigenvalue weighted by Crippen LogP contribution is 2.18. The van der Waals surface area contributed by atoms with E-state index in [1.165, 1.54) is 0 Å². The van der Waals surface area contributed by atoms with E-state index in [0.717, 1.165) is 31.6 Å². The van der Waals surface area contributed by atoms with Crippen molar-refractivity contribution in [2.45, 2.75) is 25.8 Å². The second kappa shape index (κ2) is 7.82. The van der Waals surface area contributed by atoms with Gasteiger partial charge in [0.1, 0.15) is 5.56 Å². The van der Waals surface area contributed by atoms with Crippen LogP contribution in [0.3, 0.4) is 0 Å². The number of amides is 1. The third kappa shape index (κ3) is 3.61. The number of carbonyl (C=O) groups is 1. The van der Waals surface area contributed by atoms with Crippen molar-refractivity contribution < 1.29 is 4.79 Å². The monoisotopic (exact) mass is 377 g/mol. The van der Waals surface area contributed by atoms with Crippen LogP contribution in [-0.2, 0) is 0 Å². The Morgan fingerprint density at radius 2 is 1.86 bits per heavy atom. The maximum Gasteiger partial charge on any atom is 0.263 e. The summed E-state index contributed by atoms with van der Waals surface area (Å²) < 4.78 is 3.38. The number of hydrogen-bond acceptors (Lipinski definition) is 4. The number of piperidine rings is 1. The second-order valence-electron chi connectivity index (χ2n) is 7.00. The topological polar surface area (TPSA) is 81.0 Å². The molecule has 0 spiro atoms. The molecular formula is C21H23N5O2. The Morgan fingerprint density at radius 1 is 1.11 bits per heavy atom. The highest BCUT2D eigenvalue weighted by molar-refractivity contribution is 6.04. The first-order valence-electron chi connectivity index (χ1n) is 9.48. The fourth-order valence-corrected chi connectivity index (χ4v) is 3.58. The average molecular weight is 377 g/mol. The first kappa shape index (κ1) is 18.2.